The van der Waals surface area contributed by atoms with E-state index in [1.807, 2.05) is 4.90 Å². The number of nitrogens with zero attached hydrogens (tertiary/aromatic N) is 1. The van der Waals surface area contributed by atoms with Crippen molar-refractivity contribution < 1.29 is 39.1 Å². The fraction of sp³-hybridized carbons (Fsp3) is 0.630. The number of nitrogens with one attached hydrogen (secondary N) is 1. The van der Waals surface area contributed by atoms with Crippen LogP contribution < -0.4 is 14.8 Å². The fourth-order valence-electron chi connectivity index (χ4n) is 5.60. The van der Waals surface area contributed by atoms with E-state index >= 15 is 0 Å². The van der Waals surface area contributed by atoms with Gasteiger partial charge in [0.1, 0.15) is 12.2 Å². The van der Waals surface area contributed by atoms with Gasteiger partial charge in [-0.2, -0.15) is 0 Å². The molecule has 2 amide bonds. The van der Waals surface area contributed by atoms with E-state index < -0.39 is 18.2 Å². The predicted molar refractivity (Wildman–Crippen MR) is 147 cm³/mol. The van der Waals surface area contributed by atoms with Crippen molar-refractivity contribution in [1.29, 1.82) is 0 Å². The van der Waals surface area contributed by atoms with Crippen LogP contribution in [0.5, 0.6) is 11.5 Å². The van der Waals surface area contributed by atoms with Gasteiger partial charge >= 0.3 is 0 Å². The molecule has 4 rings (SSSR count). The van der Waals surface area contributed by atoms with Gasteiger partial charge in [0.05, 0.1) is 42.5 Å². The highest BCUT2D eigenvalue weighted by Crippen LogP contribution is 2.39. The minimum atomic E-state index is -1.10. The largest absolute Gasteiger partial charge is 0.493 e. The summed E-state index contributed by atoms with van der Waals surface area (Å²) in [5, 5.41) is 33.2. The summed E-state index contributed by atoms with van der Waals surface area (Å²) in [5.74, 6) is 0.0800. The summed E-state index contributed by atoms with van der Waals surface area (Å²) in [6, 6.07) is 2.73. The summed E-state index contributed by atoms with van der Waals surface area (Å²) < 4.78 is 18.0. The molecule has 0 bridgehead atoms. The zero-order chi connectivity index (χ0) is 27.2. The highest BCUT2D eigenvalue weighted by Gasteiger charge is 2.45. The Bertz CT molecular complexity index is 1020. The first kappa shape index (κ1) is 29.1. The third-order valence-corrected chi connectivity index (χ3v) is 8.35. The van der Waals surface area contributed by atoms with Gasteiger partial charge in [0, 0.05) is 31.2 Å². The van der Waals surface area contributed by atoms with Crippen LogP contribution in [0, 0.1) is 9.49 Å². The molecule has 0 radical (unpaired) electrons. The van der Waals surface area contributed by atoms with E-state index in [0.717, 1.165) is 25.7 Å². The van der Waals surface area contributed by atoms with Crippen molar-refractivity contribution in [3.05, 3.63) is 32.9 Å². The molecule has 2 aliphatic carbocycles. The van der Waals surface area contributed by atoms with Crippen LogP contribution in [0.2, 0.25) is 0 Å². The van der Waals surface area contributed by atoms with Gasteiger partial charge in [0.15, 0.2) is 11.5 Å². The van der Waals surface area contributed by atoms with Crippen LogP contribution in [0.15, 0.2) is 23.8 Å². The number of aliphatic hydroxyl groups excluding tert-OH is 3. The molecule has 38 heavy (non-hydrogen) atoms. The fourth-order valence-corrected chi connectivity index (χ4v) is 6.39. The maximum atomic E-state index is 13.8. The van der Waals surface area contributed by atoms with E-state index in [0.29, 0.717) is 45.8 Å². The molecule has 0 aromatic heterocycles. The quantitative estimate of drug-likeness (QED) is 0.282. The first-order valence-electron chi connectivity index (χ1n) is 13.2. The molecule has 1 aliphatic heterocycles. The van der Waals surface area contributed by atoms with Crippen LogP contribution in [-0.4, -0.2) is 89.8 Å². The van der Waals surface area contributed by atoms with E-state index in [1.165, 1.54) is 7.11 Å². The molecule has 1 saturated carbocycles. The number of benzene rings is 1. The highest BCUT2D eigenvalue weighted by molar-refractivity contribution is 14.1. The summed E-state index contributed by atoms with van der Waals surface area (Å²) in [7, 11) is 1.49. The number of hydrogen-bond acceptors (Lipinski definition) is 8. The van der Waals surface area contributed by atoms with Crippen molar-refractivity contribution in [3.8, 4) is 11.5 Å². The maximum absolute atomic E-state index is 13.8. The standard InChI is InChI=1S/C27H37IN2O8/c1-36-23-11-16(14-32)10-20(28)25(23)38-22-13-18(26(34)29-7-8-31)12-21(24(22)33)30(19-4-2-3-5-19)27(35)17-6-9-37-15-17/h10-11,13,17,19,21-22,24,31-33H,2-9,12,14-15H2,1H3,(H,29,34)/t17?,21-,22+,24+/m1/s1. The summed E-state index contributed by atoms with van der Waals surface area (Å²) >= 11 is 2.08. The van der Waals surface area contributed by atoms with Crippen molar-refractivity contribution in [2.75, 3.05) is 33.5 Å². The van der Waals surface area contributed by atoms with Crippen LogP contribution in [0.3, 0.4) is 0 Å². The molecule has 4 N–H and O–H groups in total. The van der Waals surface area contributed by atoms with Gasteiger partial charge in [-0.1, -0.05) is 12.8 Å². The second-order valence-corrected chi connectivity index (χ2v) is 11.2. The highest BCUT2D eigenvalue weighted by atomic mass is 127. The van der Waals surface area contributed by atoms with E-state index in [-0.39, 0.29) is 50.0 Å². The van der Waals surface area contributed by atoms with E-state index in [2.05, 4.69) is 27.9 Å². The zero-order valence-corrected chi connectivity index (χ0v) is 23.8. The third kappa shape index (κ3) is 6.44. The average Bonchev–Trinajstić information content (AvgIpc) is 3.65. The zero-order valence-electron chi connectivity index (χ0n) is 21.6. The minimum absolute atomic E-state index is 0.0261. The second-order valence-electron chi connectivity index (χ2n) is 10.0. The normalized spacial score (nSPS) is 25.7. The van der Waals surface area contributed by atoms with Crippen LogP contribution in [-0.2, 0) is 20.9 Å². The molecule has 210 valence electrons. The topological polar surface area (TPSA) is 138 Å². The Hall–Kier alpha value is -1.93. The molecule has 1 aromatic rings. The van der Waals surface area contributed by atoms with E-state index in [4.69, 9.17) is 14.2 Å². The lowest BCUT2D eigenvalue weighted by molar-refractivity contribution is -0.146. The molecule has 10 nitrogen and oxygen atoms in total. The SMILES string of the molecule is COc1cc(CO)cc(I)c1O[C@H]1C=C(C(=O)NCCO)C[C@@H](N(C(=O)C2CCOC2)C2CCCC2)[C@@H]1O. The van der Waals surface area contributed by atoms with Crippen LogP contribution in [0.1, 0.15) is 44.1 Å². The van der Waals surface area contributed by atoms with Crippen molar-refractivity contribution in [2.45, 2.75) is 69.4 Å². The van der Waals surface area contributed by atoms with Gasteiger partial charge in [0.25, 0.3) is 0 Å². The molecular weight excluding hydrogens is 607 g/mol. The molecule has 1 heterocycles. The number of ether oxygens (including phenoxy) is 3. The van der Waals surface area contributed by atoms with Gasteiger partial charge in [0.2, 0.25) is 11.8 Å². The van der Waals surface area contributed by atoms with Crippen molar-refractivity contribution in [1.82, 2.24) is 10.2 Å². The molecule has 1 unspecified atom stereocenters. The Morgan fingerprint density at radius 3 is 2.61 bits per heavy atom. The lowest BCUT2D eigenvalue weighted by Crippen LogP contribution is -2.58. The molecule has 3 aliphatic rings. The van der Waals surface area contributed by atoms with Crippen LogP contribution >= 0.6 is 22.6 Å². The first-order chi connectivity index (χ1) is 18.4. The molecule has 2 fully saturated rings. The average molecular weight is 645 g/mol. The monoisotopic (exact) mass is 644 g/mol. The summed E-state index contributed by atoms with van der Waals surface area (Å²) in [5.41, 5.74) is 1.04. The molecule has 0 spiro atoms. The molecule has 1 aromatic carbocycles. The Morgan fingerprint density at radius 1 is 1.21 bits per heavy atom. The second kappa shape index (κ2) is 13.4. The number of halogens is 1. The van der Waals surface area contributed by atoms with Gasteiger partial charge in [-0.25, -0.2) is 0 Å². The number of aliphatic hydroxyl groups is 3. The van der Waals surface area contributed by atoms with Crippen molar-refractivity contribution in [3.63, 3.8) is 0 Å². The number of amides is 2. The van der Waals surface area contributed by atoms with Gasteiger partial charge < -0.3 is 39.7 Å². The maximum Gasteiger partial charge on any atom is 0.247 e. The summed E-state index contributed by atoms with van der Waals surface area (Å²) in [6.45, 7) is 0.612. The molecule has 11 heteroatoms. The minimum Gasteiger partial charge on any atom is -0.493 e. The number of rotatable bonds is 10. The Morgan fingerprint density at radius 2 is 1.97 bits per heavy atom. The number of carbonyl (C=O) groups is 2. The van der Waals surface area contributed by atoms with E-state index in [9.17, 15) is 24.9 Å². The Kier molecular flexibility index (Phi) is 10.3. The van der Waals surface area contributed by atoms with Gasteiger partial charge in [-0.05, 0) is 65.6 Å². The lowest BCUT2D eigenvalue weighted by atomic mass is 9.86. The number of methoxy groups -OCH3 is 1. The summed E-state index contributed by atoms with van der Waals surface area (Å²) in [4.78, 5) is 28.7. The van der Waals surface area contributed by atoms with Crippen molar-refractivity contribution in [2.24, 2.45) is 5.92 Å². The first-order valence-corrected chi connectivity index (χ1v) is 14.3. The predicted octanol–water partition coefficient (Wildman–Crippen LogP) is 1.52. The van der Waals surface area contributed by atoms with Crippen LogP contribution in [0.4, 0.5) is 0 Å². The van der Waals surface area contributed by atoms with Gasteiger partial charge in [-0.3, -0.25) is 9.59 Å². The lowest BCUT2D eigenvalue weighted by Gasteiger charge is -2.44. The Labute approximate surface area is 236 Å². The number of carbonyl (C=O) groups excluding carboxylic acids is 2. The van der Waals surface area contributed by atoms with E-state index in [1.54, 1.807) is 18.2 Å². The summed E-state index contributed by atoms with van der Waals surface area (Å²) in [6.07, 6.45) is 4.06. The Balaban J connectivity index is 1.70. The van der Waals surface area contributed by atoms with Gasteiger partial charge in [-0.15, -0.1) is 0 Å². The van der Waals surface area contributed by atoms with Crippen LogP contribution in [0.25, 0.3) is 0 Å². The number of hydrogen-bond donors (Lipinski definition) is 4. The molecular formula is C27H37IN2O8. The molecule has 1 saturated heterocycles. The van der Waals surface area contributed by atoms with Crippen molar-refractivity contribution >= 4 is 34.4 Å². The third-order valence-electron chi connectivity index (χ3n) is 7.55. The smallest absolute Gasteiger partial charge is 0.247 e. The molecule has 4 atom stereocenters.